The molecule has 0 aromatic carbocycles. The molecule has 8 heavy (non-hydrogen) atoms. The molecule has 4 heteroatoms. The Morgan fingerprint density at radius 2 is 2.50 bits per heavy atom. The number of halogens is 1. The van der Waals surface area contributed by atoms with Gasteiger partial charge in [-0.15, -0.1) is 0 Å². The summed E-state index contributed by atoms with van der Waals surface area (Å²) in [5.41, 5.74) is 0. The Morgan fingerprint density at radius 3 is 2.62 bits per heavy atom. The lowest BCUT2D eigenvalue weighted by molar-refractivity contribution is -0.0419. The van der Waals surface area contributed by atoms with E-state index in [9.17, 15) is 9.18 Å². The summed E-state index contributed by atoms with van der Waals surface area (Å²) in [5.74, 6) is -1.91. The minimum absolute atomic E-state index is 0.300. The number of carbonyl (C=O) groups excluding carboxylic acids is 1. The molecule has 3 nitrogen and oxygen atoms in total. The zero-order valence-electron chi connectivity index (χ0n) is 4.31. The van der Waals surface area contributed by atoms with Gasteiger partial charge in [0.2, 0.25) is 0 Å². The van der Waals surface area contributed by atoms with Crippen molar-refractivity contribution < 1.29 is 18.7 Å². The van der Waals surface area contributed by atoms with Gasteiger partial charge >= 0.3 is 6.16 Å². The molecule has 0 N–H and O–H groups in total. The van der Waals surface area contributed by atoms with E-state index in [1.165, 1.54) is 0 Å². The van der Waals surface area contributed by atoms with E-state index in [2.05, 4.69) is 9.47 Å². The van der Waals surface area contributed by atoms with E-state index in [-0.39, 0.29) is 6.61 Å². The maximum atomic E-state index is 12.3. The van der Waals surface area contributed by atoms with E-state index in [1.54, 1.807) is 0 Å². The third-order valence-electron chi connectivity index (χ3n) is 0.744. The van der Waals surface area contributed by atoms with Crippen LogP contribution in [-0.2, 0) is 9.47 Å². The first-order valence-corrected chi connectivity index (χ1v) is 2.15. The molecule has 0 radical (unpaired) electrons. The Kier molecular flexibility index (Phi) is 0.892. The second-order valence-electron chi connectivity index (χ2n) is 1.74. The second-order valence-corrected chi connectivity index (χ2v) is 1.74. The minimum atomic E-state index is -1.91. The summed E-state index contributed by atoms with van der Waals surface area (Å²) in [5, 5.41) is 0. The second kappa shape index (κ2) is 1.34. The van der Waals surface area contributed by atoms with Crippen LogP contribution in [0, 0.1) is 0 Å². The van der Waals surface area contributed by atoms with Gasteiger partial charge in [-0.05, 0) is 0 Å². The summed E-state index contributed by atoms with van der Waals surface area (Å²) in [4.78, 5) is 9.97. The lowest BCUT2D eigenvalue weighted by Gasteiger charge is -2.04. The van der Waals surface area contributed by atoms with Crippen LogP contribution in [0.5, 0.6) is 0 Å². The van der Waals surface area contributed by atoms with Gasteiger partial charge in [-0.1, -0.05) is 0 Å². The molecule has 1 heterocycles. The SMILES string of the molecule is CC1(F)COC(=O)O1. The molecule has 1 unspecified atom stereocenters. The highest BCUT2D eigenvalue weighted by molar-refractivity contribution is 5.62. The van der Waals surface area contributed by atoms with E-state index < -0.39 is 12.0 Å². The molecular weight excluding hydrogens is 115 g/mol. The van der Waals surface area contributed by atoms with E-state index in [1.807, 2.05) is 0 Å². The van der Waals surface area contributed by atoms with Gasteiger partial charge in [0.05, 0.1) is 0 Å². The summed E-state index contributed by atoms with van der Waals surface area (Å²) in [6.45, 7) is 0.837. The molecule has 0 spiro atoms. The Balaban J connectivity index is 2.56. The first kappa shape index (κ1) is 5.34. The van der Waals surface area contributed by atoms with Crippen molar-refractivity contribution in [3.8, 4) is 0 Å². The third-order valence-corrected chi connectivity index (χ3v) is 0.744. The molecule has 0 aromatic rings. The van der Waals surface area contributed by atoms with Crippen LogP contribution < -0.4 is 0 Å². The molecule has 46 valence electrons. The fourth-order valence-electron chi connectivity index (χ4n) is 0.421. The van der Waals surface area contributed by atoms with Gasteiger partial charge in [0.1, 0.15) is 0 Å². The lowest BCUT2D eigenvalue weighted by atomic mass is 10.4. The van der Waals surface area contributed by atoms with Crippen LogP contribution in [0.4, 0.5) is 9.18 Å². The summed E-state index contributed by atoms with van der Waals surface area (Å²) in [6.07, 6.45) is -0.935. The van der Waals surface area contributed by atoms with E-state index >= 15 is 0 Å². The van der Waals surface area contributed by atoms with Gasteiger partial charge in [-0.3, -0.25) is 0 Å². The first-order chi connectivity index (χ1) is 3.60. The smallest absolute Gasteiger partial charge is 0.427 e. The average Bonchev–Trinajstić information content (AvgIpc) is 1.82. The molecule has 1 aliphatic heterocycles. The van der Waals surface area contributed by atoms with Crippen LogP contribution in [0.15, 0.2) is 0 Å². The molecule has 1 saturated heterocycles. The molecule has 0 aliphatic carbocycles. The summed E-state index contributed by atoms with van der Waals surface area (Å²) in [7, 11) is 0. The highest BCUT2D eigenvalue weighted by Crippen LogP contribution is 2.19. The van der Waals surface area contributed by atoms with Crippen molar-refractivity contribution in [3.05, 3.63) is 0 Å². The fraction of sp³-hybridized carbons (Fsp3) is 0.750. The number of hydrogen-bond donors (Lipinski definition) is 0. The number of alkyl halides is 1. The number of ether oxygens (including phenoxy) is 2. The topological polar surface area (TPSA) is 35.5 Å². The molecule has 0 aromatic heterocycles. The van der Waals surface area contributed by atoms with Crippen LogP contribution in [0.3, 0.4) is 0 Å². The molecule has 1 aliphatic rings. The Bertz CT molecular complexity index is 120. The maximum absolute atomic E-state index is 12.3. The molecule has 0 bridgehead atoms. The molecule has 0 saturated carbocycles. The standard InChI is InChI=1S/C4H5FO3/c1-4(5)2-7-3(6)8-4/h2H2,1H3. The average molecular weight is 120 g/mol. The normalized spacial score (nSPS) is 36.5. The number of hydrogen-bond acceptors (Lipinski definition) is 3. The van der Waals surface area contributed by atoms with Crippen molar-refractivity contribution in [2.24, 2.45) is 0 Å². The summed E-state index contributed by atoms with van der Waals surface area (Å²) in [6, 6.07) is 0. The Hall–Kier alpha value is -0.800. The maximum Gasteiger partial charge on any atom is 0.511 e. The quantitative estimate of drug-likeness (QED) is 0.444. The van der Waals surface area contributed by atoms with Crippen molar-refractivity contribution in [2.45, 2.75) is 12.8 Å². The zero-order valence-corrected chi connectivity index (χ0v) is 4.31. The zero-order chi connectivity index (χ0) is 6.20. The lowest BCUT2D eigenvalue weighted by Crippen LogP contribution is -2.19. The van der Waals surface area contributed by atoms with Crippen LogP contribution >= 0.6 is 0 Å². The van der Waals surface area contributed by atoms with Crippen molar-refractivity contribution in [1.29, 1.82) is 0 Å². The number of cyclic esters (lactones) is 2. The third kappa shape index (κ3) is 0.882. The molecular formula is C4H5FO3. The monoisotopic (exact) mass is 120 g/mol. The van der Waals surface area contributed by atoms with Gasteiger partial charge in [-0.25, -0.2) is 4.79 Å². The van der Waals surface area contributed by atoms with Crippen LogP contribution in [0.25, 0.3) is 0 Å². The van der Waals surface area contributed by atoms with E-state index in [0.717, 1.165) is 6.92 Å². The van der Waals surface area contributed by atoms with Gasteiger partial charge in [0.25, 0.3) is 5.85 Å². The van der Waals surface area contributed by atoms with Gasteiger partial charge in [0, 0.05) is 6.92 Å². The highest BCUT2D eigenvalue weighted by Gasteiger charge is 2.37. The molecule has 1 atom stereocenters. The summed E-state index contributed by atoms with van der Waals surface area (Å²) >= 11 is 0. The van der Waals surface area contributed by atoms with Crippen LogP contribution in [0.1, 0.15) is 6.92 Å². The van der Waals surface area contributed by atoms with Gasteiger partial charge < -0.3 is 9.47 Å². The number of rotatable bonds is 0. The molecule has 1 fully saturated rings. The van der Waals surface area contributed by atoms with Crippen molar-refractivity contribution in [1.82, 2.24) is 0 Å². The molecule has 0 amide bonds. The predicted molar refractivity (Wildman–Crippen MR) is 21.9 cm³/mol. The van der Waals surface area contributed by atoms with E-state index in [0.29, 0.717) is 0 Å². The van der Waals surface area contributed by atoms with Gasteiger partial charge in [-0.2, -0.15) is 4.39 Å². The Labute approximate surface area is 45.4 Å². The minimum Gasteiger partial charge on any atom is -0.427 e. The summed E-state index contributed by atoms with van der Waals surface area (Å²) < 4.78 is 20.4. The molecule has 1 rings (SSSR count). The predicted octanol–water partition coefficient (Wildman–Crippen LogP) is 0.839. The number of carbonyl (C=O) groups is 1. The van der Waals surface area contributed by atoms with Crippen molar-refractivity contribution in [2.75, 3.05) is 6.61 Å². The fourth-order valence-corrected chi connectivity index (χ4v) is 0.421. The Morgan fingerprint density at radius 1 is 1.88 bits per heavy atom. The largest absolute Gasteiger partial charge is 0.511 e. The van der Waals surface area contributed by atoms with Crippen molar-refractivity contribution in [3.63, 3.8) is 0 Å². The van der Waals surface area contributed by atoms with E-state index in [4.69, 9.17) is 0 Å². The first-order valence-electron chi connectivity index (χ1n) is 2.15. The van der Waals surface area contributed by atoms with Crippen LogP contribution in [-0.4, -0.2) is 18.6 Å². The van der Waals surface area contributed by atoms with Crippen molar-refractivity contribution >= 4 is 6.16 Å². The highest BCUT2D eigenvalue weighted by atomic mass is 19.2. The van der Waals surface area contributed by atoms with Crippen LogP contribution in [0.2, 0.25) is 0 Å². The van der Waals surface area contributed by atoms with Gasteiger partial charge in [0.15, 0.2) is 6.61 Å².